The first-order valence-electron chi connectivity index (χ1n) is 9.06. The number of nitrogens with zero attached hydrogens (tertiary/aromatic N) is 1. The molecule has 1 N–H and O–H groups in total. The van der Waals surface area contributed by atoms with Gasteiger partial charge in [0.1, 0.15) is 0 Å². The number of fused-ring (bicyclic) bond motifs is 1. The number of esters is 1. The first kappa shape index (κ1) is 20.2. The minimum atomic E-state index is -0.706. The van der Waals surface area contributed by atoms with Crippen LogP contribution >= 0.6 is 0 Å². The third-order valence-corrected chi connectivity index (χ3v) is 4.85. The number of H-pyrrole nitrogens is 1. The topological polar surface area (TPSA) is 114 Å². The third-order valence-electron chi connectivity index (χ3n) is 4.85. The van der Waals surface area contributed by atoms with Crippen LogP contribution in [-0.4, -0.2) is 52.4 Å². The molecule has 3 rings (SSSR count). The Hall–Kier alpha value is -3.55. The molecule has 2 aromatic rings. The van der Waals surface area contributed by atoms with Gasteiger partial charge >= 0.3 is 5.97 Å². The predicted octanol–water partition coefficient (Wildman–Crippen LogP) is 2.25. The molecule has 0 bridgehead atoms. The number of aromatic amines is 1. The summed E-state index contributed by atoms with van der Waals surface area (Å²) >= 11 is 0. The van der Waals surface area contributed by atoms with Gasteiger partial charge in [-0.05, 0) is 38.5 Å². The maximum absolute atomic E-state index is 12.3. The summed E-state index contributed by atoms with van der Waals surface area (Å²) in [6.07, 6.45) is -0.222. The van der Waals surface area contributed by atoms with E-state index in [2.05, 4.69) is 4.98 Å². The van der Waals surface area contributed by atoms with Crippen LogP contribution in [0.4, 0.5) is 0 Å². The number of benzene rings is 1. The van der Waals surface area contributed by atoms with Crippen molar-refractivity contribution >= 4 is 29.4 Å². The summed E-state index contributed by atoms with van der Waals surface area (Å²) in [7, 11) is 0. The van der Waals surface area contributed by atoms with Crippen molar-refractivity contribution in [1.82, 2.24) is 9.88 Å². The zero-order valence-electron chi connectivity index (χ0n) is 16.3. The van der Waals surface area contributed by atoms with Crippen molar-refractivity contribution in [2.45, 2.75) is 27.2 Å². The molecule has 1 aromatic carbocycles. The van der Waals surface area contributed by atoms with Crippen molar-refractivity contribution in [3.63, 3.8) is 0 Å². The zero-order chi connectivity index (χ0) is 21.3. The van der Waals surface area contributed by atoms with Gasteiger partial charge in [-0.2, -0.15) is 0 Å². The molecule has 1 aliphatic rings. The number of aryl methyl sites for hydroxylation is 1. The van der Waals surface area contributed by atoms with E-state index >= 15 is 0 Å². The molecule has 1 aliphatic heterocycles. The molecule has 0 saturated heterocycles. The van der Waals surface area contributed by atoms with Gasteiger partial charge in [0.15, 0.2) is 12.4 Å². The molecule has 2 amide bonds. The molecule has 29 heavy (non-hydrogen) atoms. The van der Waals surface area contributed by atoms with Gasteiger partial charge in [-0.25, -0.2) is 0 Å². The number of ketones is 2. The second-order valence-electron chi connectivity index (χ2n) is 6.82. The maximum atomic E-state index is 12.3. The van der Waals surface area contributed by atoms with Gasteiger partial charge in [0.2, 0.25) is 5.78 Å². The van der Waals surface area contributed by atoms with Crippen LogP contribution in [0, 0.1) is 13.8 Å². The number of nitrogens with one attached hydrogen (secondary N) is 1. The van der Waals surface area contributed by atoms with Crippen molar-refractivity contribution in [1.29, 1.82) is 0 Å². The number of hydrogen-bond donors (Lipinski definition) is 1. The smallest absolute Gasteiger partial charge is 0.308 e. The van der Waals surface area contributed by atoms with Gasteiger partial charge in [-0.3, -0.25) is 28.9 Å². The maximum Gasteiger partial charge on any atom is 0.308 e. The molecule has 8 nitrogen and oxygen atoms in total. The Labute approximate surface area is 166 Å². The van der Waals surface area contributed by atoms with Crippen LogP contribution in [0.5, 0.6) is 0 Å². The lowest BCUT2D eigenvalue weighted by atomic mass is 10.1. The number of carbonyl (C=O) groups is 5. The number of rotatable bonds is 7. The lowest BCUT2D eigenvalue weighted by Gasteiger charge is -2.13. The minimum absolute atomic E-state index is 0.130. The summed E-state index contributed by atoms with van der Waals surface area (Å²) in [5, 5.41) is 0. The number of hydrogen-bond acceptors (Lipinski definition) is 6. The molecule has 0 spiro atoms. The number of amides is 2. The number of Topliss-reactive ketones (excluding diaryl/α,β-unsaturated/α-hetero) is 2. The van der Waals surface area contributed by atoms with Crippen LogP contribution in [0.3, 0.4) is 0 Å². The monoisotopic (exact) mass is 396 g/mol. The molecule has 0 saturated carbocycles. The average Bonchev–Trinajstić information content (AvgIpc) is 3.12. The molecule has 0 atom stereocenters. The van der Waals surface area contributed by atoms with Crippen LogP contribution in [0.1, 0.15) is 66.2 Å². The highest BCUT2D eigenvalue weighted by molar-refractivity contribution is 6.21. The van der Waals surface area contributed by atoms with E-state index < -0.39 is 30.2 Å². The molecule has 0 radical (unpaired) electrons. The predicted molar refractivity (Wildman–Crippen MR) is 102 cm³/mol. The Morgan fingerprint density at radius 1 is 1.03 bits per heavy atom. The molecule has 8 heteroatoms. The molecule has 0 aliphatic carbocycles. The van der Waals surface area contributed by atoms with E-state index in [1.807, 2.05) is 0 Å². The van der Waals surface area contributed by atoms with Gasteiger partial charge in [0, 0.05) is 17.8 Å². The molecular weight excluding hydrogens is 376 g/mol. The van der Waals surface area contributed by atoms with E-state index in [9.17, 15) is 24.0 Å². The van der Waals surface area contributed by atoms with Crippen molar-refractivity contribution in [3.05, 3.63) is 57.9 Å². The Morgan fingerprint density at radius 3 is 2.14 bits per heavy atom. The van der Waals surface area contributed by atoms with Gasteiger partial charge in [0.25, 0.3) is 11.8 Å². The zero-order valence-corrected chi connectivity index (χ0v) is 16.3. The van der Waals surface area contributed by atoms with E-state index in [0.29, 0.717) is 27.9 Å². The van der Waals surface area contributed by atoms with Crippen LogP contribution in [0.2, 0.25) is 0 Å². The van der Waals surface area contributed by atoms with Crippen LogP contribution in [0.25, 0.3) is 0 Å². The van der Waals surface area contributed by atoms with Crippen molar-refractivity contribution in [2.75, 3.05) is 13.2 Å². The van der Waals surface area contributed by atoms with E-state index in [1.165, 1.54) is 6.92 Å². The fourth-order valence-corrected chi connectivity index (χ4v) is 3.49. The summed E-state index contributed by atoms with van der Waals surface area (Å²) in [6.45, 7) is 4.12. The summed E-state index contributed by atoms with van der Waals surface area (Å²) in [5.74, 6) is -2.24. The van der Waals surface area contributed by atoms with E-state index in [-0.39, 0.29) is 24.4 Å². The Morgan fingerprint density at radius 2 is 1.62 bits per heavy atom. The Balaban J connectivity index is 1.56. The summed E-state index contributed by atoms with van der Waals surface area (Å²) < 4.78 is 4.99. The third kappa shape index (κ3) is 3.73. The highest BCUT2D eigenvalue weighted by atomic mass is 16.5. The SMILES string of the molecule is CC(=O)c1c(C)[nH]c(C(=O)COC(=O)CCN2C(=O)c3ccccc3C2=O)c1C. The van der Waals surface area contributed by atoms with Crippen molar-refractivity contribution in [3.8, 4) is 0 Å². The summed E-state index contributed by atoms with van der Waals surface area (Å²) in [6, 6.07) is 6.44. The van der Waals surface area contributed by atoms with Gasteiger partial charge in [0.05, 0.1) is 23.2 Å². The highest BCUT2D eigenvalue weighted by Gasteiger charge is 2.35. The highest BCUT2D eigenvalue weighted by Crippen LogP contribution is 2.22. The van der Waals surface area contributed by atoms with Gasteiger partial charge in [-0.1, -0.05) is 12.1 Å². The quantitative estimate of drug-likeness (QED) is 0.436. The first-order chi connectivity index (χ1) is 13.7. The van der Waals surface area contributed by atoms with Gasteiger partial charge in [-0.15, -0.1) is 0 Å². The Kier molecular flexibility index (Phi) is 5.45. The lowest BCUT2D eigenvalue weighted by Crippen LogP contribution is -2.32. The van der Waals surface area contributed by atoms with Crippen LogP contribution in [-0.2, 0) is 9.53 Å². The van der Waals surface area contributed by atoms with Gasteiger partial charge < -0.3 is 9.72 Å². The van der Waals surface area contributed by atoms with E-state index in [1.54, 1.807) is 38.1 Å². The lowest BCUT2D eigenvalue weighted by molar-refractivity contribution is -0.142. The van der Waals surface area contributed by atoms with Crippen LogP contribution in [0.15, 0.2) is 24.3 Å². The summed E-state index contributed by atoms with van der Waals surface area (Å²) in [5.41, 5.74) is 2.38. The van der Waals surface area contributed by atoms with Crippen molar-refractivity contribution < 1.29 is 28.7 Å². The number of carbonyl (C=O) groups excluding carboxylic acids is 5. The number of imide groups is 1. The molecule has 0 fully saturated rings. The fraction of sp³-hybridized carbons (Fsp3) is 0.286. The Bertz CT molecular complexity index is 1010. The molecule has 2 heterocycles. The van der Waals surface area contributed by atoms with Crippen molar-refractivity contribution in [2.24, 2.45) is 0 Å². The normalized spacial score (nSPS) is 12.9. The first-order valence-corrected chi connectivity index (χ1v) is 9.06. The molecule has 0 unspecified atom stereocenters. The second-order valence-corrected chi connectivity index (χ2v) is 6.82. The standard InChI is InChI=1S/C21H20N2O6/c1-11-18(13(3)24)12(2)22-19(11)16(25)10-29-17(26)8-9-23-20(27)14-6-4-5-7-15(14)21(23)28/h4-7,22H,8-10H2,1-3H3. The fourth-order valence-electron chi connectivity index (χ4n) is 3.49. The number of aromatic nitrogens is 1. The molecule has 150 valence electrons. The minimum Gasteiger partial charge on any atom is -0.457 e. The van der Waals surface area contributed by atoms with E-state index in [0.717, 1.165) is 4.90 Å². The van der Waals surface area contributed by atoms with Crippen LogP contribution < -0.4 is 0 Å². The second kappa shape index (κ2) is 7.83. The number of ether oxygens (including phenoxy) is 1. The molecule has 1 aromatic heterocycles. The average molecular weight is 396 g/mol. The molecular formula is C21H20N2O6. The van der Waals surface area contributed by atoms with E-state index in [4.69, 9.17) is 4.74 Å². The largest absolute Gasteiger partial charge is 0.457 e. The summed E-state index contributed by atoms with van der Waals surface area (Å²) in [4.78, 5) is 64.4.